The number of nitrogens with zero attached hydrogens (tertiary/aromatic N) is 4. The van der Waals surface area contributed by atoms with Gasteiger partial charge in [-0.1, -0.05) is 35.5 Å². The Morgan fingerprint density at radius 3 is 2.34 bits per heavy atom. The van der Waals surface area contributed by atoms with Crippen molar-refractivity contribution in [1.82, 2.24) is 19.9 Å². The molecule has 1 aliphatic rings. The first kappa shape index (κ1) is 26.5. The Kier molecular flexibility index (Phi) is 8.41. The molecule has 3 aromatic rings. The molecule has 1 aliphatic heterocycles. The Bertz CT molecular complexity index is 1230. The van der Waals surface area contributed by atoms with Crippen molar-refractivity contribution >= 4 is 13.7 Å². The second-order valence-corrected chi connectivity index (χ2v) is 8.86. The van der Waals surface area contributed by atoms with Gasteiger partial charge in [0, 0.05) is 30.6 Å². The van der Waals surface area contributed by atoms with Gasteiger partial charge < -0.3 is 25.3 Å². The number of fused-ring (bicyclic) bond motifs is 1. The lowest BCUT2D eigenvalue weighted by molar-refractivity contribution is -0.133. The summed E-state index contributed by atoms with van der Waals surface area (Å²) in [6, 6.07) is 10.1. The molecule has 0 bridgehead atoms. The van der Waals surface area contributed by atoms with Crippen LogP contribution < -0.4 is 5.73 Å². The van der Waals surface area contributed by atoms with E-state index in [9.17, 15) is 18.0 Å². The van der Waals surface area contributed by atoms with Gasteiger partial charge in [0.1, 0.15) is 11.5 Å². The van der Waals surface area contributed by atoms with Crippen LogP contribution in [0.3, 0.4) is 0 Å². The van der Waals surface area contributed by atoms with Crippen molar-refractivity contribution in [3.05, 3.63) is 71.2 Å². The van der Waals surface area contributed by atoms with Crippen LogP contribution in [0.1, 0.15) is 17.7 Å². The minimum atomic E-state index is -4.64. The first-order valence-electron chi connectivity index (χ1n) is 10.3. The summed E-state index contributed by atoms with van der Waals surface area (Å²) in [5.41, 5.74) is 8.42. The van der Waals surface area contributed by atoms with Gasteiger partial charge >= 0.3 is 7.82 Å². The number of aromatic nitrogens is 3. The van der Waals surface area contributed by atoms with Gasteiger partial charge in [-0.3, -0.25) is 4.79 Å². The first-order valence-corrected chi connectivity index (χ1v) is 11.9. The van der Waals surface area contributed by atoms with E-state index in [1.54, 1.807) is 9.58 Å². The number of carbonyl (C=O) groups is 1. The van der Waals surface area contributed by atoms with E-state index >= 15 is 0 Å². The molecule has 188 valence electrons. The zero-order chi connectivity index (χ0) is 25.8. The molecule has 0 radical (unpaired) electrons. The van der Waals surface area contributed by atoms with Crippen LogP contribution >= 0.6 is 7.82 Å². The summed E-state index contributed by atoms with van der Waals surface area (Å²) in [6.45, 7) is 1.30. The van der Waals surface area contributed by atoms with E-state index in [2.05, 4.69) is 10.3 Å². The highest BCUT2D eigenvalue weighted by Gasteiger charge is 2.26. The van der Waals surface area contributed by atoms with Crippen LogP contribution in [0.2, 0.25) is 0 Å². The monoisotopic (exact) mass is 513 g/mol. The minimum absolute atomic E-state index is 0.0410. The van der Waals surface area contributed by atoms with E-state index in [0.717, 1.165) is 23.0 Å². The molecule has 10 nitrogen and oxygen atoms in total. The number of rotatable bonds is 5. The Balaban J connectivity index is 0.000000623. The van der Waals surface area contributed by atoms with Gasteiger partial charge in [0.2, 0.25) is 5.91 Å². The molecule has 0 saturated heterocycles. The van der Waals surface area contributed by atoms with Crippen LogP contribution in [0.25, 0.3) is 11.3 Å². The maximum Gasteiger partial charge on any atom is 0.466 e. The number of halogens is 3. The Hall–Kier alpha value is -3.09. The predicted molar refractivity (Wildman–Crippen MR) is 118 cm³/mol. The molecule has 5 N–H and O–H groups in total. The average Bonchev–Trinajstić information content (AvgIpc) is 3.20. The number of hydrogen-bond donors (Lipinski definition) is 4. The Labute approximate surface area is 198 Å². The highest BCUT2D eigenvalue weighted by molar-refractivity contribution is 7.45. The number of amides is 1. The Morgan fingerprint density at radius 2 is 1.69 bits per heavy atom. The normalized spacial score (nSPS) is 14.1. The van der Waals surface area contributed by atoms with E-state index < -0.39 is 31.3 Å². The third kappa shape index (κ3) is 7.44. The van der Waals surface area contributed by atoms with E-state index in [1.807, 2.05) is 30.3 Å². The molecule has 0 fully saturated rings. The van der Waals surface area contributed by atoms with Gasteiger partial charge in [-0.25, -0.2) is 22.4 Å². The summed E-state index contributed by atoms with van der Waals surface area (Å²) in [6.07, 6.45) is -0.113. The van der Waals surface area contributed by atoms with Crippen LogP contribution in [-0.4, -0.2) is 53.1 Å². The van der Waals surface area contributed by atoms with Crippen molar-refractivity contribution in [3.8, 4) is 11.3 Å². The quantitative estimate of drug-likeness (QED) is 0.297. The number of nitrogens with two attached hydrogens (primary N) is 1. The van der Waals surface area contributed by atoms with E-state index in [1.165, 1.54) is 0 Å². The lowest BCUT2D eigenvalue weighted by atomic mass is 10.0. The molecule has 4 rings (SSSR count). The highest BCUT2D eigenvalue weighted by atomic mass is 31.2. The molecule has 0 spiro atoms. The lowest BCUT2D eigenvalue weighted by Crippen LogP contribution is -2.41. The summed E-state index contributed by atoms with van der Waals surface area (Å²) < 4.78 is 51.0. The molecule has 1 aromatic heterocycles. The molecule has 35 heavy (non-hydrogen) atoms. The van der Waals surface area contributed by atoms with Crippen LogP contribution in [0.15, 0.2) is 42.5 Å². The lowest BCUT2D eigenvalue weighted by Gasteiger charge is -2.28. The van der Waals surface area contributed by atoms with Gasteiger partial charge in [0.25, 0.3) is 0 Å². The minimum Gasteiger partial charge on any atom is -0.335 e. The summed E-state index contributed by atoms with van der Waals surface area (Å²) in [7, 11) is -4.64. The topological polar surface area (TPSA) is 155 Å². The van der Waals surface area contributed by atoms with E-state index in [4.69, 9.17) is 25.0 Å². The molecule has 2 aromatic carbocycles. The maximum atomic E-state index is 13.8. The fourth-order valence-corrected chi connectivity index (χ4v) is 3.61. The van der Waals surface area contributed by atoms with Gasteiger partial charge in [-0.2, -0.15) is 0 Å². The van der Waals surface area contributed by atoms with Crippen LogP contribution in [0.5, 0.6) is 0 Å². The number of phosphoric acid groups is 1. The first-order chi connectivity index (χ1) is 16.4. The number of benzene rings is 2. The standard InChI is InChI=1S/C21H20F3N5O.H3O4P/c22-16-11-18(24)17(23)9-14(16)8-15(25)10-20(30)28-6-7-29-19(12-28)21(26-27-29)13-4-2-1-3-5-13;1-5(2,3)4/h1-5,9,11,15H,6-8,10,12,25H2;(H3,1,2,3,4)/t15-;/m1./s1. The molecular weight excluding hydrogens is 490 g/mol. The van der Waals surface area contributed by atoms with Crippen molar-refractivity contribution in [1.29, 1.82) is 0 Å². The second kappa shape index (κ2) is 11.1. The maximum absolute atomic E-state index is 13.8. The molecule has 1 amide bonds. The summed E-state index contributed by atoms with van der Waals surface area (Å²) in [5, 5.41) is 8.41. The molecular formula is C21H23F3N5O5P. The fourth-order valence-electron chi connectivity index (χ4n) is 3.61. The SMILES string of the molecule is N[C@@H](CC(=O)N1CCn2nnc(-c3ccccc3)c2C1)Cc1cc(F)c(F)cc1F.O=P(O)(O)O. The van der Waals surface area contributed by atoms with Crippen molar-refractivity contribution in [3.63, 3.8) is 0 Å². The average molecular weight is 513 g/mol. The number of hydrogen-bond acceptors (Lipinski definition) is 5. The third-order valence-electron chi connectivity index (χ3n) is 5.17. The second-order valence-electron chi connectivity index (χ2n) is 7.83. The largest absolute Gasteiger partial charge is 0.466 e. The van der Waals surface area contributed by atoms with E-state index in [-0.39, 0.29) is 24.3 Å². The van der Waals surface area contributed by atoms with Gasteiger partial charge in [0.15, 0.2) is 11.6 Å². The van der Waals surface area contributed by atoms with E-state index in [0.29, 0.717) is 25.7 Å². The summed E-state index contributed by atoms with van der Waals surface area (Å²) in [4.78, 5) is 36.0. The van der Waals surface area contributed by atoms with Crippen LogP contribution in [-0.2, 0) is 28.9 Å². The summed E-state index contributed by atoms with van der Waals surface area (Å²) >= 11 is 0. The summed E-state index contributed by atoms with van der Waals surface area (Å²) in [5.74, 6) is -3.47. The molecule has 0 saturated carbocycles. The van der Waals surface area contributed by atoms with Gasteiger partial charge in [-0.15, -0.1) is 5.10 Å². The molecule has 14 heteroatoms. The highest BCUT2D eigenvalue weighted by Crippen LogP contribution is 2.26. The zero-order valence-electron chi connectivity index (χ0n) is 18.3. The van der Waals surface area contributed by atoms with Gasteiger partial charge in [0.05, 0.1) is 18.8 Å². The van der Waals surface area contributed by atoms with Crippen molar-refractivity contribution in [2.75, 3.05) is 6.54 Å². The zero-order valence-corrected chi connectivity index (χ0v) is 19.2. The third-order valence-corrected chi connectivity index (χ3v) is 5.17. The van der Waals surface area contributed by atoms with Crippen LogP contribution in [0.4, 0.5) is 13.2 Å². The predicted octanol–water partition coefficient (Wildman–Crippen LogP) is 1.74. The van der Waals surface area contributed by atoms with Gasteiger partial charge in [-0.05, 0) is 18.1 Å². The molecule has 2 heterocycles. The van der Waals surface area contributed by atoms with Crippen LogP contribution in [0, 0.1) is 17.5 Å². The van der Waals surface area contributed by atoms with Crippen molar-refractivity contribution in [2.24, 2.45) is 5.73 Å². The molecule has 0 aliphatic carbocycles. The van der Waals surface area contributed by atoms with Crippen molar-refractivity contribution in [2.45, 2.75) is 32.0 Å². The molecule has 0 unspecified atom stereocenters. The smallest absolute Gasteiger partial charge is 0.335 e. The van der Waals surface area contributed by atoms with Crippen molar-refractivity contribution < 1.29 is 37.2 Å². The fraction of sp³-hybridized carbons (Fsp3) is 0.286. The number of carbonyl (C=O) groups excluding carboxylic acids is 1. The molecule has 1 atom stereocenters. The Morgan fingerprint density at radius 1 is 1.06 bits per heavy atom.